The molecule has 0 aliphatic rings. The van der Waals surface area contributed by atoms with Gasteiger partial charge in [0.1, 0.15) is 18.2 Å². The van der Waals surface area contributed by atoms with Gasteiger partial charge >= 0.3 is 0 Å². The third-order valence-corrected chi connectivity index (χ3v) is 6.27. The third kappa shape index (κ3) is 2.40. The highest BCUT2D eigenvalue weighted by Gasteiger charge is 2.21. The summed E-state index contributed by atoms with van der Waals surface area (Å²) in [6.45, 7) is 4.30. The van der Waals surface area contributed by atoms with E-state index < -0.39 is 0 Å². The maximum atomic E-state index is 6.52. The first kappa shape index (κ1) is 17.2. The molecule has 0 bridgehead atoms. The van der Waals surface area contributed by atoms with Crippen LogP contribution in [0.4, 0.5) is 0 Å². The van der Waals surface area contributed by atoms with Gasteiger partial charge in [0.25, 0.3) is 0 Å². The molecule has 0 amide bonds. The van der Waals surface area contributed by atoms with Crippen molar-refractivity contribution in [1.82, 2.24) is 0 Å². The zero-order chi connectivity index (χ0) is 20.4. The normalized spacial score (nSPS) is 11.8. The highest BCUT2D eigenvalue weighted by molar-refractivity contribution is 6.17. The fraction of sp³-hybridized carbons (Fsp3) is 0.107. The van der Waals surface area contributed by atoms with E-state index >= 15 is 0 Å². The van der Waals surface area contributed by atoms with E-state index in [2.05, 4.69) is 104 Å². The summed E-state index contributed by atoms with van der Waals surface area (Å²) in [6.07, 6.45) is 2.12. The zero-order valence-corrected chi connectivity index (χ0v) is 17.4. The molecular weight excluding hydrogens is 366 g/mol. The number of rotatable bonds is 1. The molecule has 2 aromatic heterocycles. The topological polar surface area (TPSA) is 17.0 Å². The summed E-state index contributed by atoms with van der Waals surface area (Å²) in [4.78, 5) is 0. The first-order valence-electron chi connectivity index (χ1n) is 10.3. The molecule has 0 atom stereocenters. The lowest BCUT2D eigenvalue weighted by molar-refractivity contribution is -0.660. The van der Waals surface area contributed by atoms with E-state index in [0.717, 1.165) is 11.2 Å². The molecule has 0 aliphatic heterocycles. The van der Waals surface area contributed by atoms with Crippen LogP contribution in [-0.4, -0.2) is 0 Å². The predicted octanol–water partition coefficient (Wildman–Crippen LogP) is 7.00. The molecule has 0 saturated heterocycles. The lowest BCUT2D eigenvalue weighted by Crippen LogP contribution is -2.30. The minimum atomic E-state index is 0.940. The van der Waals surface area contributed by atoms with E-state index in [4.69, 9.17) is 4.42 Å². The molecule has 144 valence electrons. The molecule has 0 N–H and O–H groups in total. The Kier molecular flexibility index (Phi) is 3.54. The maximum absolute atomic E-state index is 6.52. The van der Waals surface area contributed by atoms with Crippen LogP contribution in [0.25, 0.3) is 54.7 Å². The maximum Gasteiger partial charge on any atom is 0.216 e. The average molecular weight is 388 g/mol. The van der Waals surface area contributed by atoms with Crippen LogP contribution in [-0.2, 0) is 7.05 Å². The second kappa shape index (κ2) is 6.17. The monoisotopic (exact) mass is 388 g/mol. The van der Waals surface area contributed by atoms with Crippen LogP contribution < -0.4 is 4.57 Å². The number of pyridine rings is 1. The Morgan fingerprint density at radius 2 is 1.53 bits per heavy atom. The lowest BCUT2D eigenvalue weighted by atomic mass is 9.97. The Hall–Kier alpha value is -3.65. The van der Waals surface area contributed by atoms with Crippen molar-refractivity contribution < 1.29 is 8.98 Å². The predicted molar refractivity (Wildman–Crippen MR) is 125 cm³/mol. The van der Waals surface area contributed by atoms with E-state index in [9.17, 15) is 0 Å². The molecule has 0 saturated carbocycles. The van der Waals surface area contributed by atoms with Crippen molar-refractivity contribution in [3.63, 3.8) is 0 Å². The van der Waals surface area contributed by atoms with Gasteiger partial charge in [0.2, 0.25) is 5.69 Å². The summed E-state index contributed by atoms with van der Waals surface area (Å²) < 4.78 is 8.69. The second-order valence-corrected chi connectivity index (χ2v) is 8.29. The van der Waals surface area contributed by atoms with E-state index in [0.29, 0.717) is 0 Å². The molecule has 2 heterocycles. The first-order valence-corrected chi connectivity index (χ1v) is 10.3. The molecule has 0 radical (unpaired) electrons. The lowest BCUT2D eigenvalue weighted by Gasteiger charge is -2.06. The number of fused-ring (bicyclic) bond motifs is 6. The van der Waals surface area contributed by atoms with Crippen LogP contribution in [0.2, 0.25) is 0 Å². The molecule has 0 unspecified atom stereocenters. The zero-order valence-electron chi connectivity index (χ0n) is 17.4. The minimum Gasteiger partial charge on any atom is -0.455 e. The van der Waals surface area contributed by atoms with Crippen molar-refractivity contribution in [2.24, 2.45) is 7.05 Å². The van der Waals surface area contributed by atoms with Crippen molar-refractivity contribution in [2.75, 3.05) is 0 Å². The number of hydrogen-bond acceptors (Lipinski definition) is 1. The van der Waals surface area contributed by atoms with Gasteiger partial charge < -0.3 is 4.42 Å². The Morgan fingerprint density at radius 3 is 2.43 bits per heavy atom. The van der Waals surface area contributed by atoms with E-state index in [-0.39, 0.29) is 0 Å². The molecule has 0 aliphatic carbocycles. The molecule has 6 aromatic rings. The fourth-order valence-electron chi connectivity index (χ4n) is 4.68. The SMILES string of the molecule is Cc1cc[n+](C)c(-c2c(C)ccc3c2oc2cc4ccc5ccccc5c4cc23)c1. The largest absolute Gasteiger partial charge is 0.455 e. The van der Waals surface area contributed by atoms with Gasteiger partial charge in [0.15, 0.2) is 6.20 Å². The number of hydrogen-bond donors (Lipinski definition) is 0. The van der Waals surface area contributed by atoms with Gasteiger partial charge in [0, 0.05) is 22.9 Å². The smallest absolute Gasteiger partial charge is 0.216 e. The van der Waals surface area contributed by atoms with Crippen LogP contribution in [0, 0.1) is 13.8 Å². The molecule has 2 heteroatoms. The average Bonchev–Trinajstić information content (AvgIpc) is 3.11. The molecular formula is C28H22NO+. The summed E-state index contributed by atoms with van der Waals surface area (Å²) >= 11 is 0. The van der Waals surface area contributed by atoms with Gasteiger partial charge in [-0.1, -0.05) is 48.5 Å². The van der Waals surface area contributed by atoms with E-state index in [1.807, 2.05) is 0 Å². The number of aryl methyl sites for hydroxylation is 3. The minimum absolute atomic E-state index is 0.940. The van der Waals surface area contributed by atoms with E-state index in [1.165, 1.54) is 54.7 Å². The van der Waals surface area contributed by atoms with Gasteiger partial charge in [-0.3, -0.25) is 0 Å². The van der Waals surface area contributed by atoms with Crippen molar-refractivity contribution in [1.29, 1.82) is 0 Å². The molecule has 6 rings (SSSR count). The first-order chi connectivity index (χ1) is 14.6. The molecule has 0 fully saturated rings. The number of furan rings is 1. The summed E-state index contributed by atoms with van der Waals surface area (Å²) in [6, 6.07) is 26.2. The van der Waals surface area contributed by atoms with E-state index in [1.54, 1.807) is 0 Å². The summed E-state index contributed by atoms with van der Waals surface area (Å²) in [5, 5.41) is 7.36. The van der Waals surface area contributed by atoms with Crippen LogP contribution in [0.1, 0.15) is 11.1 Å². The van der Waals surface area contributed by atoms with Crippen molar-refractivity contribution >= 4 is 43.5 Å². The standard InChI is InChI=1S/C28H22NO/c1-17-12-13-29(3)25(14-17)27-18(2)8-11-22-24-16-23-20(15-26(24)30-28(22)27)10-9-19-6-4-5-7-21(19)23/h4-16H,1-3H3/q+1. The van der Waals surface area contributed by atoms with Crippen molar-refractivity contribution in [2.45, 2.75) is 13.8 Å². The van der Waals surface area contributed by atoms with Crippen LogP contribution >= 0.6 is 0 Å². The van der Waals surface area contributed by atoms with Gasteiger partial charge in [-0.25, -0.2) is 4.57 Å². The number of benzene rings is 4. The van der Waals surface area contributed by atoms with Gasteiger partial charge in [-0.15, -0.1) is 0 Å². The Balaban J connectivity index is 1.75. The Bertz CT molecular complexity index is 1620. The molecule has 2 nitrogen and oxygen atoms in total. The number of nitrogens with zero attached hydrogens (tertiary/aromatic N) is 1. The quantitative estimate of drug-likeness (QED) is 0.219. The summed E-state index contributed by atoms with van der Waals surface area (Å²) in [5.74, 6) is 0. The van der Waals surface area contributed by atoms with Gasteiger partial charge in [0.05, 0.1) is 5.56 Å². The Morgan fingerprint density at radius 1 is 0.700 bits per heavy atom. The van der Waals surface area contributed by atoms with Crippen molar-refractivity contribution in [3.8, 4) is 11.3 Å². The molecule has 30 heavy (non-hydrogen) atoms. The second-order valence-electron chi connectivity index (χ2n) is 8.29. The molecule has 0 spiro atoms. The summed E-state index contributed by atoms with van der Waals surface area (Å²) in [7, 11) is 2.09. The van der Waals surface area contributed by atoms with Gasteiger partial charge in [-0.2, -0.15) is 0 Å². The fourth-order valence-corrected chi connectivity index (χ4v) is 4.68. The van der Waals surface area contributed by atoms with Crippen LogP contribution in [0.15, 0.2) is 83.4 Å². The summed E-state index contributed by atoms with van der Waals surface area (Å²) in [5.41, 5.74) is 6.71. The Labute approximate surface area is 175 Å². The molecule has 4 aromatic carbocycles. The van der Waals surface area contributed by atoms with Gasteiger partial charge in [-0.05, 0) is 58.7 Å². The van der Waals surface area contributed by atoms with Crippen molar-refractivity contribution in [3.05, 3.63) is 90.1 Å². The highest BCUT2D eigenvalue weighted by atomic mass is 16.3. The number of aromatic nitrogens is 1. The van der Waals surface area contributed by atoms with Crippen LogP contribution in [0.5, 0.6) is 0 Å². The highest BCUT2D eigenvalue weighted by Crippen LogP contribution is 2.39. The third-order valence-electron chi connectivity index (χ3n) is 6.27. The van der Waals surface area contributed by atoms with Crippen LogP contribution in [0.3, 0.4) is 0 Å².